The molecule has 4 amide bonds. The van der Waals surface area contributed by atoms with Gasteiger partial charge in [-0.3, -0.25) is 34.3 Å². The van der Waals surface area contributed by atoms with E-state index in [1.54, 1.807) is 12.1 Å². The van der Waals surface area contributed by atoms with Gasteiger partial charge >= 0.3 is 0 Å². The number of amides is 4. The van der Waals surface area contributed by atoms with Gasteiger partial charge in [0.05, 0.1) is 11.1 Å². The number of benzene rings is 1. The predicted octanol–water partition coefficient (Wildman–Crippen LogP) is -0.132. The van der Waals surface area contributed by atoms with Crippen LogP contribution in [0.4, 0.5) is 0 Å². The fourth-order valence-corrected chi connectivity index (χ4v) is 3.41. The second-order valence-electron chi connectivity index (χ2n) is 6.48. The smallest absolute Gasteiger partial charge is 0.262 e. The molecule has 2 aliphatic rings. The molecule has 0 aliphatic carbocycles. The minimum absolute atomic E-state index is 0.111. The third kappa shape index (κ3) is 3.25. The van der Waals surface area contributed by atoms with Crippen LogP contribution in [0.1, 0.15) is 46.0 Å². The molecule has 3 rings (SSSR count). The first-order chi connectivity index (χ1) is 12.5. The summed E-state index contributed by atoms with van der Waals surface area (Å²) < 4.78 is 0. The Kier molecular flexibility index (Phi) is 5.15. The van der Waals surface area contributed by atoms with E-state index in [2.05, 4.69) is 10.2 Å². The average Bonchev–Trinajstić information content (AvgIpc) is 2.86. The topological polar surface area (TPSA) is 113 Å². The summed E-state index contributed by atoms with van der Waals surface area (Å²) in [6, 6.07) is 4.22. The molecule has 1 fully saturated rings. The van der Waals surface area contributed by atoms with Crippen LogP contribution in [-0.2, 0) is 16.1 Å². The van der Waals surface area contributed by atoms with Gasteiger partial charge in [0.2, 0.25) is 11.8 Å². The van der Waals surface area contributed by atoms with Crippen LogP contribution in [0.2, 0.25) is 0 Å². The highest BCUT2D eigenvalue weighted by Gasteiger charge is 2.44. The summed E-state index contributed by atoms with van der Waals surface area (Å²) in [5.41, 5.74) is 7.11. The number of hydrogen-bond acceptors (Lipinski definition) is 6. The lowest BCUT2D eigenvalue weighted by Gasteiger charge is -2.27. The molecule has 3 N–H and O–H groups in total. The van der Waals surface area contributed by atoms with Crippen molar-refractivity contribution in [1.82, 2.24) is 15.1 Å². The maximum Gasteiger partial charge on any atom is 0.262 e. The van der Waals surface area contributed by atoms with E-state index in [0.29, 0.717) is 24.2 Å². The number of carbonyl (C=O) groups is 4. The molecule has 8 nitrogen and oxygen atoms in total. The number of piperidine rings is 1. The van der Waals surface area contributed by atoms with Crippen LogP contribution in [0.15, 0.2) is 18.2 Å². The average molecular weight is 358 g/mol. The molecule has 1 aromatic rings. The third-order valence-electron chi connectivity index (χ3n) is 4.80. The zero-order valence-electron chi connectivity index (χ0n) is 14.7. The molecule has 0 spiro atoms. The highest BCUT2D eigenvalue weighted by molar-refractivity contribution is 6.23. The SMILES string of the molecule is CCN(CCN)Cc1ccc2c(c1)C(=O)N(C1CCC(=O)NC1=O)C2=O. The van der Waals surface area contributed by atoms with Gasteiger partial charge in [0, 0.05) is 26.1 Å². The normalized spacial score (nSPS) is 20.0. The van der Waals surface area contributed by atoms with E-state index in [9.17, 15) is 19.2 Å². The molecule has 1 aromatic carbocycles. The maximum atomic E-state index is 12.8. The van der Waals surface area contributed by atoms with Gasteiger partial charge in [-0.05, 0) is 30.7 Å². The molecule has 1 unspecified atom stereocenters. The van der Waals surface area contributed by atoms with Crippen molar-refractivity contribution < 1.29 is 19.2 Å². The molecular formula is C18H22N4O4. The molecular weight excluding hydrogens is 336 g/mol. The number of nitrogens with two attached hydrogens (primary N) is 1. The summed E-state index contributed by atoms with van der Waals surface area (Å²) in [6.07, 6.45) is 0.267. The Morgan fingerprint density at radius 3 is 2.58 bits per heavy atom. The minimum Gasteiger partial charge on any atom is -0.329 e. The lowest BCUT2D eigenvalue weighted by molar-refractivity contribution is -0.136. The summed E-state index contributed by atoms with van der Waals surface area (Å²) in [4.78, 5) is 51.9. The van der Waals surface area contributed by atoms with E-state index in [0.717, 1.165) is 23.6 Å². The molecule has 2 heterocycles. The Morgan fingerprint density at radius 1 is 1.19 bits per heavy atom. The van der Waals surface area contributed by atoms with Gasteiger partial charge in [0.25, 0.3) is 11.8 Å². The van der Waals surface area contributed by atoms with Crippen LogP contribution in [0, 0.1) is 0 Å². The number of hydrogen-bond donors (Lipinski definition) is 2. The molecule has 26 heavy (non-hydrogen) atoms. The van der Waals surface area contributed by atoms with Crippen LogP contribution >= 0.6 is 0 Å². The Morgan fingerprint density at radius 2 is 1.92 bits per heavy atom. The number of likely N-dealkylation sites (N-methyl/N-ethyl adjacent to an activating group) is 1. The first kappa shape index (κ1) is 18.2. The molecule has 0 radical (unpaired) electrons. The monoisotopic (exact) mass is 358 g/mol. The fraction of sp³-hybridized carbons (Fsp3) is 0.444. The van der Waals surface area contributed by atoms with Gasteiger partial charge in [-0.25, -0.2) is 0 Å². The van der Waals surface area contributed by atoms with Crippen molar-refractivity contribution in [3.05, 3.63) is 34.9 Å². The van der Waals surface area contributed by atoms with Crippen molar-refractivity contribution in [2.45, 2.75) is 32.4 Å². The van der Waals surface area contributed by atoms with E-state index in [1.807, 2.05) is 13.0 Å². The van der Waals surface area contributed by atoms with Crippen molar-refractivity contribution in [2.24, 2.45) is 5.73 Å². The lowest BCUT2D eigenvalue weighted by Crippen LogP contribution is -2.54. The first-order valence-electron chi connectivity index (χ1n) is 8.73. The van der Waals surface area contributed by atoms with E-state index >= 15 is 0 Å². The summed E-state index contributed by atoms with van der Waals surface area (Å²) in [5, 5.41) is 2.19. The standard InChI is InChI=1S/C18H22N4O4/c1-2-21(8-7-19)10-11-3-4-12-13(9-11)18(26)22(17(12)25)14-5-6-15(23)20-16(14)24/h3-4,9,14H,2,5-8,10,19H2,1H3,(H,20,23,24). The molecule has 1 saturated heterocycles. The second kappa shape index (κ2) is 7.35. The highest BCUT2D eigenvalue weighted by Crippen LogP contribution is 2.28. The number of rotatable bonds is 6. The van der Waals surface area contributed by atoms with Crippen molar-refractivity contribution >= 4 is 23.6 Å². The van der Waals surface area contributed by atoms with Gasteiger partial charge in [-0.2, -0.15) is 0 Å². The number of nitrogens with one attached hydrogen (secondary N) is 1. The van der Waals surface area contributed by atoms with Crippen molar-refractivity contribution in [2.75, 3.05) is 19.6 Å². The van der Waals surface area contributed by atoms with Crippen LogP contribution in [0.25, 0.3) is 0 Å². The number of imide groups is 2. The Hall–Kier alpha value is -2.58. The Balaban J connectivity index is 1.84. The van der Waals surface area contributed by atoms with E-state index in [1.165, 1.54) is 0 Å². The first-order valence-corrected chi connectivity index (χ1v) is 8.73. The zero-order valence-corrected chi connectivity index (χ0v) is 14.7. The van der Waals surface area contributed by atoms with E-state index < -0.39 is 23.8 Å². The molecule has 0 bridgehead atoms. The molecule has 1 atom stereocenters. The molecule has 8 heteroatoms. The molecule has 0 saturated carbocycles. The zero-order chi connectivity index (χ0) is 18.8. The summed E-state index contributed by atoms with van der Waals surface area (Å²) in [6.45, 7) is 4.76. The van der Waals surface area contributed by atoms with Gasteiger partial charge in [-0.15, -0.1) is 0 Å². The number of nitrogens with zero attached hydrogens (tertiary/aromatic N) is 2. The van der Waals surface area contributed by atoms with E-state index in [4.69, 9.17) is 5.73 Å². The predicted molar refractivity (Wildman–Crippen MR) is 93.1 cm³/mol. The lowest BCUT2D eigenvalue weighted by atomic mass is 10.0. The van der Waals surface area contributed by atoms with Crippen LogP contribution < -0.4 is 11.1 Å². The van der Waals surface area contributed by atoms with Crippen LogP contribution in [0.5, 0.6) is 0 Å². The quantitative estimate of drug-likeness (QED) is 0.685. The number of carbonyl (C=O) groups excluding carboxylic acids is 4. The van der Waals surface area contributed by atoms with Crippen LogP contribution in [0.3, 0.4) is 0 Å². The molecule has 0 aromatic heterocycles. The fourth-order valence-electron chi connectivity index (χ4n) is 3.41. The highest BCUT2D eigenvalue weighted by atomic mass is 16.2. The van der Waals surface area contributed by atoms with Gasteiger partial charge < -0.3 is 5.73 Å². The van der Waals surface area contributed by atoms with Crippen molar-refractivity contribution in [3.63, 3.8) is 0 Å². The summed E-state index contributed by atoms with van der Waals surface area (Å²) in [5.74, 6) is -1.95. The largest absolute Gasteiger partial charge is 0.329 e. The van der Waals surface area contributed by atoms with Gasteiger partial charge in [0.15, 0.2) is 0 Å². The Bertz CT molecular complexity index is 776. The second-order valence-corrected chi connectivity index (χ2v) is 6.48. The molecule has 138 valence electrons. The van der Waals surface area contributed by atoms with Gasteiger partial charge in [-0.1, -0.05) is 13.0 Å². The Labute approximate surface area is 151 Å². The third-order valence-corrected chi connectivity index (χ3v) is 4.80. The van der Waals surface area contributed by atoms with Crippen molar-refractivity contribution in [3.8, 4) is 0 Å². The van der Waals surface area contributed by atoms with Gasteiger partial charge in [0.1, 0.15) is 6.04 Å². The maximum absolute atomic E-state index is 12.8. The molecule has 2 aliphatic heterocycles. The van der Waals surface area contributed by atoms with Crippen molar-refractivity contribution in [1.29, 1.82) is 0 Å². The summed E-state index contributed by atoms with van der Waals surface area (Å²) >= 11 is 0. The van der Waals surface area contributed by atoms with E-state index in [-0.39, 0.29) is 18.7 Å². The minimum atomic E-state index is -0.937. The summed E-state index contributed by atoms with van der Waals surface area (Å²) in [7, 11) is 0. The van der Waals surface area contributed by atoms with Crippen LogP contribution in [-0.4, -0.2) is 59.1 Å². The number of fused-ring (bicyclic) bond motifs is 1.